The molecule has 1 aromatic rings. The molecular weight excluding hydrogens is 294 g/mol. The maximum Gasteiger partial charge on any atom is 0.256 e. The standard InChI is InChI=1S/C11H8ClNO3S2/c12-6-1-2-9-7(3-6)10(14)13-5-18(16)4-8(13)11(15)17-9/h1-3,8H,4-5H2/t8-,18?/m1/s1. The molecule has 0 saturated carbocycles. The number of fused-ring (bicyclic) bond motifs is 2. The maximum absolute atomic E-state index is 12.3. The third-order valence-electron chi connectivity index (χ3n) is 2.92. The number of thioether (sulfide) groups is 1. The van der Waals surface area contributed by atoms with E-state index in [0.717, 1.165) is 11.8 Å². The van der Waals surface area contributed by atoms with Gasteiger partial charge in [0.1, 0.15) is 6.04 Å². The lowest BCUT2D eigenvalue weighted by Crippen LogP contribution is -2.39. The monoisotopic (exact) mass is 301 g/mol. The molecular formula is C11H8ClNO3S2. The Hall–Kier alpha value is -0.850. The van der Waals surface area contributed by atoms with Crippen LogP contribution in [0.5, 0.6) is 0 Å². The Bertz CT molecular complexity index is 590. The molecule has 1 amide bonds. The fourth-order valence-electron chi connectivity index (χ4n) is 2.05. The van der Waals surface area contributed by atoms with E-state index in [0.29, 0.717) is 15.5 Å². The van der Waals surface area contributed by atoms with Crippen molar-refractivity contribution in [1.82, 2.24) is 4.90 Å². The van der Waals surface area contributed by atoms with Crippen LogP contribution in [0.3, 0.4) is 0 Å². The summed E-state index contributed by atoms with van der Waals surface area (Å²) in [6.45, 7) is 0. The quantitative estimate of drug-likeness (QED) is 0.729. The molecule has 4 nitrogen and oxygen atoms in total. The molecule has 1 fully saturated rings. The lowest BCUT2D eigenvalue weighted by atomic mass is 10.2. The van der Waals surface area contributed by atoms with Crippen LogP contribution in [-0.4, -0.2) is 37.8 Å². The third-order valence-corrected chi connectivity index (χ3v) is 5.46. The van der Waals surface area contributed by atoms with Crippen LogP contribution in [0.4, 0.5) is 0 Å². The zero-order valence-corrected chi connectivity index (χ0v) is 11.5. The van der Waals surface area contributed by atoms with Crippen LogP contribution in [0.2, 0.25) is 5.02 Å². The SMILES string of the molecule is O=C1Sc2ccc(Cl)cc2C(=O)N2CS(=O)C[C@H]12. The molecule has 0 bridgehead atoms. The van der Waals surface area contributed by atoms with E-state index in [1.807, 2.05) is 0 Å². The Balaban J connectivity index is 2.12. The van der Waals surface area contributed by atoms with E-state index in [9.17, 15) is 13.8 Å². The maximum atomic E-state index is 12.3. The van der Waals surface area contributed by atoms with Crippen molar-refractivity contribution in [3.8, 4) is 0 Å². The van der Waals surface area contributed by atoms with Gasteiger partial charge in [0.15, 0.2) is 0 Å². The van der Waals surface area contributed by atoms with Crippen LogP contribution < -0.4 is 0 Å². The van der Waals surface area contributed by atoms with Crippen LogP contribution in [0, 0.1) is 0 Å². The van der Waals surface area contributed by atoms with Crippen molar-refractivity contribution in [3.63, 3.8) is 0 Å². The van der Waals surface area contributed by atoms with Gasteiger partial charge in [0.25, 0.3) is 5.91 Å². The highest BCUT2D eigenvalue weighted by Crippen LogP contribution is 2.34. The molecule has 2 atom stereocenters. The molecule has 3 rings (SSSR count). The van der Waals surface area contributed by atoms with E-state index in [-0.39, 0.29) is 22.7 Å². The van der Waals surface area contributed by atoms with E-state index < -0.39 is 16.8 Å². The molecule has 7 heteroatoms. The van der Waals surface area contributed by atoms with Crippen LogP contribution in [0.1, 0.15) is 10.4 Å². The smallest absolute Gasteiger partial charge is 0.256 e. The van der Waals surface area contributed by atoms with Crippen LogP contribution in [0.25, 0.3) is 0 Å². The summed E-state index contributed by atoms with van der Waals surface area (Å²) in [6.07, 6.45) is 0. The predicted molar refractivity (Wildman–Crippen MR) is 70.1 cm³/mol. The Morgan fingerprint density at radius 2 is 2.17 bits per heavy atom. The number of benzene rings is 1. The van der Waals surface area contributed by atoms with Crippen LogP contribution >= 0.6 is 23.4 Å². The fraction of sp³-hybridized carbons (Fsp3) is 0.273. The number of amides is 1. The van der Waals surface area contributed by atoms with Gasteiger partial charge in [-0.3, -0.25) is 13.8 Å². The van der Waals surface area contributed by atoms with Gasteiger partial charge in [-0.2, -0.15) is 0 Å². The van der Waals surface area contributed by atoms with Crippen LogP contribution in [-0.2, 0) is 15.6 Å². The summed E-state index contributed by atoms with van der Waals surface area (Å²) in [4.78, 5) is 26.4. The minimum atomic E-state index is -1.14. The zero-order chi connectivity index (χ0) is 12.9. The number of halogens is 1. The molecule has 1 saturated heterocycles. The van der Waals surface area contributed by atoms with E-state index in [4.69, 9.17) is 11.6 Å². The molecule has 94 valence electrons. The Labute approximate surface area is 115 Å². The Morgan fingerprint density at radius 1 is 1.39 bits per heavy atom. The zero-order valence-electron chi connectivity index (χ0n) is 9.09. The number of carbonyl (C=O) groups excluding carboxylic acids is 2. The molecule has 0 N–H and O–H groups in total. The van der Waals surface area contributed by atoms with Crippen molar-refractivity contribution in [2.75, 3.05) is 11.6 Å². The van der Waals surface area contributed by atoms with Crippen molar-refractivity contribution in [2.45, 2.75) is 10.9 Å². The highest BCUT2D eigenvalue weighted by Gasteiger charge is 2.42. The fourth-order valence-corrected chi connectivity index (χ4v) is 4.68. The van der Waals surface area contributed by atoms with Gasteiger partial charge in [-0.05, 0) is 30.0 Å². The summed E-state index contributed by atoms with van der Waals surface area (Å²) in [6, 6.07) is 4.32. The van der Waals surface area contributed by atoms with Gasteiger partial charge in [-0.25, -0.2) is 0 Å². The second-order valence-corrected chi connectivity index (χ2v) is 7.04. The minimum Gasteiger partial charge on any atom is -0.315 e. The normalized spacial score (nSPS) is 26.8. The Kier molecular flexibility index (Phi) is 2.96. The van der Waals surface area contributed by atoms with E-state index in [2.05, 4.69) is 0 Å². The van der Waals surface area contributed by atoms with Gasteiger partial charge in [-0.15, -0.1) is 0 Å². The van der Waals surface area contributed by atoms with Gasteiger partial charge in [-0.1, -0.05) is 11.6 Å². The number of hydrogen-bond donors (Lipinski definition) is 0. The molecule has 1 unspecified atom stereocenters. The summed E-state index contributed by atoms with van der Waals surface area (Å²) in [5.74, 6) is 0.0998. The van der Waals surface area contributed by atoms with Gasteiger partial charge in [0, 0.05) is 20.7 Å². The highest BCUT2D eigenvalue weighted by molar-refractivity contribution is 8.14. The Morgan fingerprint density at radius 3 is 2.94 bits per heavy atom. The molecule has 2 aliphatic rings. The first-order valence-electron chi connectivity index (χ1n) is 5.23. The molecule has 18 heavy (non-hydrogen) atoms. The number of hydrogen-bond acceptors (Lipinski definition) is 4. The summed E-state index contributed by atoms with van der Waals surface area (Å²) in [5.41, 5.74) is 0.419. The van der Waals surface area contributed by atoms with Crippen molar-refractivity contribution in [3.05, 3.63) is 28.8 Å². The van der Waals surface area contributed by atoms with Crippen molar-refractivity contribution in [1.29, 1.82) is 0 Å². The molecule has 0 spiro atoms. The van der Waals surface area contributed by atoms with Gasteiger partial charge in [0.05, 0.1) is 17.2 Å². The van der Waals surface area contributed by atoms with Crippen molar-refractivity contribution in [2.24, 2.45) is 0 Å². The lowest BCUT2D eigenvalue weighted by molar-refractivity contribution is -0.113. The highest BCUT2D eigenvalue weighted by atomic mass is 35.5. The largest absolute Gasteiger partial charge is 0.315 e. The first-order valence-corrected chi connectivity index (χ1v) is 7.91. The summed E-state index contributed by atoms with van der Waals surface area (Å²) >= 11 is 6.91. The average Bonchev–Trinajstić information content (AvgIpc) is 2.69. The van der Waals surface area contributed by atoms with Gasteiger partial charge < -0.3 is 4.90 Å². The third kappa shape index (κ3) is 1.88. The first-order chi connectivity index (χ1) is 8.56. The van der Waals surface area contributed by atoms with Crippen LogP contribution in [0.15, 0.2) is 23.1 Å². The number of carbonyl (C=O) groups is 2. The number of rotatable bonds is 0. The van der Waals surface area contributed by atoms with E-state index >= 15 is 0 Å². The lowest BCUT2D eigenvalue weighted by Gasteiger charge is -2.18. The average molecular weight is 302 g/mol. The molecule has 1 aromatic carbocycles. The van der Waals surface area contributed by atoms with Crippen molar-refractivity contribution < 1.29 is 13.8 Å². The van der Waals surface area contributed by atoms with E-state index in [1.54, 1.807) is 18.2 Å². The van der Waals surface area contributed by atoms with E-state index in [1.165, 1.54) is 4.90 Å². The molecule has 2 aliphatic heterocycles. The van der Waals surface area contributed by atoms with Gasteiger partial charge in [0.2, 0.25) is 5.12 Å². The molecule has 2 heterocycles. The summed E-state index contributed by atoms with van der Waals surface area (Å²) < 4.78 is 11.5. The summed E-state index contributed by atoms with van der Waals surface area (Å²) in [7, 11) is -1.14. The number of nitrogens with zero attached hydrogens (tertiary/aromatic N) is 1. The van der Waals surface area contributed by atoms with Crippen molar-refractivity contribution >= 4 is 45.2 Å². The molecule has 0 aliphatic carbocycles. The second kappa shape index (κ2) is 4.36. The topological polar surface area (TPSA) is 54.5 Å². The molecule has 0 aromatic heterocycles. The molecule has 0 radical (unpaired) electrons. The minimum absolute atomic E-state index is 0.127. The second-order valence-electron chi connectivity index (χ2n) is 4.09. The predicted octanol–water partition coefficient (Wildman–Crippen LogP) is 1.50. The van der Waals surface area contributed by atoms with Gasteiger partial charge >= 0.3 is 0 Å². The first kappa shape index (κ1) is 12.2. The summed E-state index contributed by atoms with van der Waals surface area (Å²) in [5, 5.41) is 0.323.